The number of aliphatic hydroxyl groups excluding tert-OH is 1. The Morgan fingerprint density at radius 3 is 1.74 bits per heavy atom. The van der Waals surface area contributed by atoms with Crippen LogP contribution in [0, 0.1) is 0 Å². The van der Waals surface area contributed by atoms with Crippen LogP contribution < -0.4 is 0 Å². The van der Waals surface area contributed by atoms with E-state index in [1.54, 1.807) is 0 Å². The SMILES string of the molecule is CCCCCCC(=O)OCCOCCOC(=O)CCCCCO. The highest BCUT2D eigenvalue weighted by Gasteiger charge is 2.03. The van der Waals surface area contributed by atoms with Crippen molar-refractivity contribution in [2.75, 3.05) is 33.0 Å². The van der Waals surface area contributed by atoms with Gasteiger partial charge in [-0.05, 0) is 19.3 Å². The van der Waals surface area contributed by atoms with Crippen molar-refractivity contribution in [1.29, 1.82) is 0 Å². The highest BCUT2D eigenvalue weighted by atomic mass is 16.6. The number of esters is 2. The average Bonchev–Trinajstić information content (AvgIpc) is 2.54. The van der Waals surface area contributed by atoms with E-state index in [1.165, 1.54) is 0 Å². The standard InChI is InChI=1S/C17H32O6/c1-2-3-4-6-9-16(19)22-14-12-21-13-15-23-17(20)10-7-5-8-11-18/h18H,2-15H2,1H3. The van der Waals surface area contributed by atoms with E-state index in [0.717, 1.165) is 38.5 Å². The van der Waals surface area contributed by atoms with Crippen LogP contribution in [0.15, 0.2) is 0 Å². The van der Waals surface area contributed by atoms with Crippen LogP contribution in [0.4, 0.5) is 0 Å². The summed E-state index contributed by atoms with van der Waals surface area (Å²) in [7, 11) is 0. The zero-order chi connectivity index (χ0) is 17.2. The van der Waals surface area contributed by atoms with Crippen LogP contribution in [-0.4, -0.2) is 50.1 Å². The topological polar surface area (TPSA) is 82.1 Å². The van der Waals surface area contributed by atoms with Crippen molar-refractivity contribution in [2.24, 2.45) is 0 Å². The Balaban J connectivity index is 3.26. The lowest BCUT2D eigenvalue weighted by molar-refractivity contribution is -0.146. The van der Waals surface area contributed by atoms with E-state index in [9.17, 15) is 9.59 Å². The second-order valence-corrected chi connectivity index (χ2v) is 5.40. The van der Waals surface area contributed by atoms with Crippen molar-refractivity contribution in [2.45, 2.75) is 64.7 Å². The molecule has 0 aromatic rings. The van der Waals surface area contributed by atoms with Crippen LogP contribution in [-0.2, 0) is 23.8 Å². The minimum absolute atomic E-state index is 0.159. The second kappa shape index (κ2) is 17.2. The van der Waals surface area contributed by atoms with Gasteiger partial charge in [0.25, 0.3) is 0 Å². The fourth-order valence-corrected chi connectivity index (χ4v) is 1.93. The number of carbonyl (C=O) groups is 2. The van der Waals surface area contributed by atoms with Crippen molar-refractivity contribution < 1.29 is 28.9 Å². The third kappa shape index (κ3) is 17.1. The van der Waals surface area contributed by atoms with Crippen LogP contribution in [0.5, 0.6) is 0 Å². The van der Waals surface area contributed by atoms with Crippen LogP contribution in [0.25, 0.3) is 0 Å². The fourth-order valence-electron chi connectivity index (χ4n) is 1.93. The summed E-state index contributed by atoms with van der Waals surface area (Å²) in [5, 5.41) is 8.61. The normalized spacial score (nSPS) is 10.5. The van der Waals surface area contributed by atoms with E-state index in [-0.39, 0.29) is 31.8 Å². The molecule has 0 rings (SSSR count). The molecule has 0 aromatic carbocycles. The molecule has 0 saturated heterocycles. The number of hydrogen-bond acceptors (Lipinski definition) is 6. The van der Waals surface area contributed by atoms with Crippen molar-refractivity contribution in [3.63, 3.8) is 0 Å². The summed E-state index contributed by atoms with van der Waals surface area (Å²) in [5.74, 6) is -0.427. The van der Waals surface area contributed by atoms with Crippen LogP contribution in [0.2, 0.25) is 0 Å². The molecule has 6 nitrogen and oxygen atoms in total. The zero-order valence-corrected chi connectivity index (χ0v) is 14.4. The average molecular weight is 332 g/mol. The van der Waals surface area contributed by atoms with Gasteiger partial charge in [-0.2, -0.15) is 0 Å². The van der Waals surface area contributed by atoms with Gasteiger partial charge in [0, 0.05) is 19.4 Å². The molecule has 23 heavy (non-hydrogen) atoms. The minimum atomic E-state index is -0.245. The molecule has 0 spiro atoms. The molecule has 0 saturated carbocycles. The molecular weight excluding hydrogens is 300 g/mol. The lowest BCUT2D eigenvalue weighted by Gasteiger charge is -2.07. The fraction of sp³-hybridized carbons (Fsp3) is 0.882. The molecule has 0 atom stereocenters. The lowest BCUT2D eigenvalue weighted by atomic mass is 10.2. The summed E-state index contributed by atoms with van der Waals surface area (Å²) in [6, 6.07) is 0. The Hall–Kier alpha value is -1.14. The van der Waals surface area contributed by atoms with E-state index in [2.05, 4.69) is 6.92 Å². The molecule has 136 valence electrons. The number of hydrogen-bond donors (Lipinski definition) is 1. The summed E-state index contributed by atoms with van der Waals surface area (Å²) in [4.78, 5) is 22.7. The predicted molar refractivity (Wildman–Crippen MR) is 87.0 cm³/mol. The van der Waals surface area contributed by atoms with Crippen molar-refractivity contribution in [3.8, 4) is 0 Å². The minimum Gasteiger partial charge on any atom is -0.463 e. The molecule has 0 aliphatic heterocycles. The molecule has 0 heterocycles. The molecule has 0 unspecified atom stereocenters. The molecule has 0 aliphatic carbocycles. The van der Waals surface area contributed by atoms with Gasteiger partial charge in [-0.3, -0.25) is 9.59 Å². The summed E-state index contributed by atoms with van der Waals surface area (Å²) in [5.41, 5.74) is 0. The molecule has 0 radical (unpaired) electrons. The Morgan fingerprint density at radius 2 is 1.26 bits per heavy atom. The van der Waals surface area contributed by atoms with E-state index in [1.807, 2.05) is 0 Å². The summed E-state index contributed by atoms with van der Waals surface area (Å²) >= 11 is 0. The first-order valence-electron chi connectivity index (χ1n) is 8.70. The van der Waals surface area contributed by atoms with Gasteiger partial charge in [0.15, 0.2) is 0 Å². The molecular formula is C17H32O6. The Morgan fingerprint density at radius 1 is 0.739 bits per heavy atom. The number of aliphatic hydroxyl groups is 1. The van der Waals surface area contributed by atoms with Crippen molar-refractivity contribution in [3.05, 3.63) is 0 Å². The van der Waals surface area contributed by atoms with E-state index < -0.39 is 0 Å². The number of ether oxygens (including phenoxy) is 3. The summed E-state index contributed by atoms with van der Waals surface area (Å²) in [6.45, 7) is 3.35. The van der Waals surface area contributed by atoms with E-state index in [0.29, 0.717) is 32.5 Å². The first-order valence-corrected chi connectivity index (χ1v) is 8.70. The molecule has 0 aromatic heterocycles. The van der Waals surface area contributed by atoms with Crippen LogP contribution >= 0.6 is 0 Å². The number of unbranched alkanes of at least 4 members (excludes halogenated alkanes) is 5. The second-order valence-electron chi connectivity index (χ2n) is 5.40. The van der Waals surface area contributed by atoms with Gasteiger partial charge >= 0.3 is 11.9 Å². The van der Waals surface area contributed by atoms with Gasteiger partial charge in [-0.25, -0.2) is 0 Å². The third-order valence-corrected chi connectivity index (χ3v) is 3.25. The highest BCUT2D eigenvalue weighted by molar-refractivity contribution is 5.69. The summed E-state index contributed by atoms with van der Waals surface area (Å²) < 4.78 is 15.3. The van der Waals surface area contributed by atoms with Gasteiger partial charge in [-0.15, -0.1) is 0 Å². The van der Waals surface area contributed by atoms with Crippen LogP contribution in [0.1, 0.15) is 64.7 Å². The monoisotopic (exact) mass is 332 g/mol. The van der Waals surface area contributed by atoms with Gasteiger partial charge < -0.3 is 19.3 Å². The molecule has 0 fully saturated rings. The highest BCUT2D eigenvalue weighted by Crippen LogP contribution is 2.03. The van der Waals surface area contributed by atoms with Gasteiger partial charge in [0.05, 0.1) is 13.2 Å². The number of carbonyl (C=O) groups excluding carboxylic acids is 2. The van der Waals surface area contributed by atoms with Crippen molar-refractivity contribution >= 4 is 11.9 Å². The molecule has 0 amide bonds. The van der Waals surface area contributed by atoms with E-state index >= 15 is 0 Å². The lowest BCUT2D eigenvalue weighted by Crippen LogP contribution is -2.14. The molecule has 0 aliphatic rings. The zero-order valence-electron chi connectivity index (χ0n) is 14.4. The first kappa shape index (κ1) is 21.9. The van der Waals surface area contributed by atoms with Crippen molar-refractivity contribution in [1.82, 2.24) is 0 Å². The molecule has 0 bridgehead atoms. The quantitative estimate of drug-likeness (QED) is 0.346. The number of rotatable bonds is 16. The largest absolute Gasteiger partial charge is 0.463 e. The van der Waals surface area contributed by atoms with Gasteiger partial charge in [0.1, 0.15) is 13.2 Å². The van der Waals surface area contributed by atoms with Crippen LogP contribution in [0.3, 0.4) is 0 Å². The maximum Gasteiger partial charge on any atom is 0.305 e. The van der Waals surface area contributed by atoms with Gasteiger partial charge in [-0.1, -0.05) is 32.6 Å². The molecule has 6 heteroatoms. The first-order chi connectivity index (χ1) is 11.2. The Labute approximate surface area is 139 Å². The maximum absolute atomic E-state index is 11.4. The Bertz CT molecular complexity index is 265. The molecule has 1 N–H and O–H groups in total. The maximum atomic E-state index is 11.4. The van der Waals surface area contributed by atoms with E-state index in [4.69, 9.17) is 19.3 Å². The smallest absolute Gasteiger partial charge is 0.305 e. The Kier molecular flexibility index (Phi) is 16.4. The van der Waals surface area contributed by atoms with Gasteiger partial charge in [0.2, 0.25) is 0 Å². The predicted octanol–water partition coefficient (Wildman–Crippen LogP) is 2.61. The summed E-state index contributed by atoms with van der Waals surface area (Å²) in [6.07, 6.45) is 7.35. The third-order valence-electron chi connectivity index (χ3n) is 3.25.